The summed E-state index contributed by atoms with van der Waals surface area (Å²) in [5, 5.41) is 1.28. The molecule has 0 bridgehead atoms. The number of piperazine rings is 1. The first-order valence-electron chi connectivity index (χ1n) is 12.2. The average molecular weight is 465 g/mol. The molecule has 0 N–H and O–H groups in total. The molecule has 2 aromatic heterocycles. The van der Waals surface area contributed by atoms with Crippen LogP contribution < -0.4 is 9.64 Å². The van der Waals surface area contributed by atoms with E-state index >= 15 is 0 Å². The third kappa shape index (κ3) is 4.43. The number of aromatic nitrogens is 2. The molecule has 6 nitrogen and oxygen atoms in total. The second-order valence-corrected chi connectivity index (χ2v) is 10.0. The molecule has 1 saturated heterocycles. The molecule has 1 aliphatic carbocycles. The van der Waals surface area contributed by atoms with E-state index in [9.17, 15) is 4.79 Å². The Balaban J connectivity index is 1.40. The first-order valence-corrected chi connectivity index (χ1v) is 13.0. The van der Waals surface area contributed by atoms with E-state index in [1.54, 1.807) is 7.11 Å². The smallest absolute Gasteiger partial charge is 0.253 e. The lowest BCUT2D eigenvalue weighted by atomic mass is 10.1. The molecule has 1 aromatic carbocycles. The molecule has 0 spiro atoms. The van der Waals surface area contributed by atoms with Crippen molar-refractivity contribution >= 4 is 33.3 Å². The van der Waals surface area contributed by atoms with Gasteiger partial charge in [-0.3, -0.25) is 4.79 Å². The summed E-state index contributed by atoms with van der Waals surface area (Å²) in [5.41, 5.74) is 2.20. The van der Waals surface area contributed by atoms with Gasteiger partial charge < -0.3 is 14.5 Å². The average Bonchev–Trinajstić information content (AvgIpc) is 3.04. The molecule has 0 radical (unpaired) electrons. The Hall–Kier alpha value is -2.67. The molecule has 5 rings (SSSR count). The van der Waals surface area contributed by atoms with Gasteiger partial charge in [-0.1, -0.05) is 13.3 Å². The molecule has 1 amide bonds. The van der Waals surface area contributed by atoms with Crippen LogP contribution in [0.2, 0.25) is 0 Å². The van der Waals surface area contributed by atoms with Crippen LogP contribution in [0.25, 0.3) is 10.2 Å². The zero-order valence-electron chi connectivity index (χ0n) is 19.6. The van der Waals surface area contributed by atoms with Gasteiger partial charge in [0.2, 0.25) is 0 Å². The van der Waals surface area contributed by atoms with Crippen molar-refractivity contribution in [3.05, 3.63) is 46.1 Å². The molecular weight excluding hydrogens is 432 g/mol. The van der Waals surface area contributed by atoms with Gasteiger partial charge >= 0.3 is 0 Å². The van der Waals surface area contributed by atoms with Crippen molar-refractivity contribution in [2.24, 2.45) is 0 Å². The predicted molar refractivity (Wildman–Crippen MR) is 134 cm³/mol. The van der Waals surface area contributed by atoms with Crippen molar-refractivity contribution in [3.63, 3.8) is 0 Å². The number of methoxy groups -OCH3 is 1. The Morgan fingerprint density at radius 3 is 2.52 bits per heavy atom. The fraction of sp³-hybridized carbons (Fsp3) is 0.500. The quantitative estimate of drug-likeness (QED) is 0.504. The summed E-state index contributed by atoms with van der Waals surface area (Å²) in [6, 6.07) is 7.38. The molecule has 174 valence electrons. The molecule has 33 heavy (non-hydrogen) atoms. The van der Waals surface area contributed by atoms with Crippen molar-refractivity contribution in [3.8, 4) is 5.75 Å². The Bertz CT molecular complexity index is 1130. The summed E-state index contributed by atoms with van der Waals surface area (Å²) in [7, 11) is 1.64. The van der Waals surface area contributed by atoms with Crippen LogP contribution in [0.4, 0.5) is 5.82 Å². The first kappa shape index (κ1) is 22.1. The number of hydrogen-bond donors (Lipinski definition) is 0. The highest BCUT2D eigenvalue weighted by Gasteiger charge is 2.27. The van der Waals surface area contributed by atoms with E-state index in [1.165, 1.54) is 41.5 Å². The van der Waals surface area contributed by atoms with Gasteiger partial charge in [-0.25, -0.2) is 9.97 Å². The molecule has 1 aliphatic heterocycles. The zero-order valence-corrected chi connectivity index (χ0v) is 20.4. The van der Waals surface area contributed by atoms with E-state index < -0.39 is 0 Å². The molecule has 3 aromatic rings. The summed E-state index contributed by atoms with van der Waals surface area (Å²) in [6.45, 7) is 5.17. The number of carbonyl (C=O) groups is 1. The van der Waals surface area contributed by atoms with Gasteiger partial charge in [-0.05, 0) is 61.9 Å². The minimum atomic E-state index is 0.0845. The lowest BCUT2D eigenvalue weighted by molar-refractivity contribution is 0.0746. The van der Waals surface area contributed by atoms with Crippen molar-refractivity contribution < 1.29 is 9.53 Å². The molecule has 3 heterocycles. The number of benzene rings is 1. The van der Waals surface area contributed by atoms with Gasteiger partial charge in [0.15, 0.2) is 0 Å². The number of nitrogens with zero attached hydrogens (tertiary/aromatic N) is 4. The minimum absolute atomic E-state index is 0.0845. The second kappa shape index (κ2) is 9.67. The van der Waals surface area contributed by atoms with E-state index in [0.29, 0.717) is 18.7 Å². The Kier molecular flexibility index (Phi) is 6.49. The van der Waals surface area contributed by atoms with Gasteiger partial charge in [0.25, 0.3) is 5.91 Å². The van der Waals surface area contributed by atoms with Crippen LogP contribution >= 0.6 is 11.3 Å². The Morgan fingerprint density at radius 2 is 1.79 bits per heavy atom. The number of aryl methyl sites for hydroxylation is 3. The second-order valence-electron chi connectivity index (χ2n) is 8.97. The third-order valence-electron chi connectivity index (χ3n) is 6.77. The largest absolute Gasteiger partial charge is 0.497 e. The van der Waals surface area contributed by atoms with Crippen molar-refractivity contribution in [1.29, 1.82) is 0 Å². The zero-order chi connectivity index (χ0) is 22.8. The number of fused-ring (bicyclic) bond motifs is 3. The summed E-state index contributed by atoms with van der Waals surface area (Å²) >= 11 is 1.88. The number of amides is 1. The maximum Gasteiger partial charge on any atom is 0.253 e. The van der Waals surface area contributed by atoms with Gasteiger partial charge in [0, 0.05) is 43.0 Å². The summed E-state index contributed by atoms with van der Waals surface area (Å²) in [6.07, 6.45) is 8.08. The van der Waals surface area contributed by atoms with Crippen molar-refractivity contribution in [2.75, 3.05) is 38.2 Å². The molecule has 0 saturated carbocycles. The lowest BCUT2D eigenvalue weighted by Crippen LogP contribution is -2.49. The van der Waals surface area contributed by atoms with E-state index in [0.717, 1.165) is 54.6 Å². The SMILES string of the molecule is CCCc1nc(N2CCN(C(=O)c3ccc(OC)cc3)CC2)c2c3c(sc2n1)CCCCC3. The predicted octanol–water partition coefficient (Wildman–Crippen LogP) is 4.88. The van der Waals surface area contributed by atoms with Gasteiger partial charge in [0.05, 0.1) is 12.5 Å². The van der Waals surface area contributed by atoms with E-state index in [4.69, 9.17) is 14.7 Å². The van der Waals surface area contributed by atoms with Crippen LogP contribution in [-0.4, -0.2) is 54.1 Å². The van der Waals surface area contributed by atoms with Crippen LogP contribution in [0.15, 0.2) is 24.3 Å². The first-order chi connectivity index (χ1) is 16.2. The Labute approximate surface area is 199 Å². The van der Waals surface area contributed by atoms with E-state index in [-0.39, 0.29) is 5.91 Å². The molecule has 0 unspecified atom stereocenters. The number of rotatable bonds is 5. The van der Waals surface area contributed by atoms with Gasteiger partial charge in [0.1, 0.15) is 22.2 Å². The molecule has 7 heteroatoms. The number of anilines is 1. The molecular formula is C26H32N4O2S. The van der Waals surface area contributed by atoms with E-state index in [2.05, 4.69) is 11.8 Å². The van der Waals surface area contributed by atoms with Crippen molar-refractivity contribution in [2.45, 2.75) is 51.9 Å². The molecule has 1 fully saturated rings. The van der Waals surface area contributed by atoms with Crippen LogP contribution in [0.1, 0.15) is 59.2 Å². The highest BCUT2D eigenvalue weighted by atomic mass is 32.1. The maximum absolute atomic E-state index is 13.0. The summed E-state index contributed by atoms with van der Waals surface area (Å²) in [4.78, 5) is 30.1. The van der Waals surface area contributed by atoms with Crippen molar-refractivity contribution in [1.82, 2.24) is 14.9 Å². The lowest BCUT2D eigenvalue weighted by Gasteiger charge is -2.36. The standard InChI is InChI=1S/C26H32N4O2S/c1-3-7-22-27-24(23-20-8-5-4-6-9-21(20)33-25(23)28-22)29-14-16-30(17-15-29)26(31)18-10-12-19(32-2)13-11-18/h10-13H,3-9,14-17H2,1-2H3. The molecule has 2 aliphatic rings. The van der Waals surface area contributed by atoms with Crippen LogP contribution in [0.3, 0.4) is 0 Å². The fourth-order valence-corrected chi connectivity index (χ4v) is 6.23. The molecule has 0 atom stereocenters. The monoisotopic (exact) mass is 464 g/mol. The fourth-order valence-electron chi connectivity index (χ4n) is 4.96. The maximum atomic E-state index is 13.0. The Morgan fingerprint density at radius 1 is 1.03 bits per heavy atom. The van der Waals surface area contributed by atoms with Gasteiger partial charge in [-0.2, -0.15) is 0 Å². The van der Waals surface area contributed by atoms with Crippen LogP contribution in [0, 0.1) is 0 Å². The minimum Gasteiger partial charge on any atom is -0.497 e. The number of thiophene rings is 1. The third-order valence-corrected chi connectivity index (χ3v) is 7.95. The highest BCUT2D eigenvalue weighted by molar-refractivity contribution is 7.19. The van der Waals surface area contributed by atoms with Crippen LogP contribution in [0.5, 0.6) is 5.75 Å². The normalized spacial score (nSPS) is 16.5. The topological polar surface area (TPSA) is 58.6 Å². The highest BCUT2D eigenvalue weighted by Crippen LogP contribution is 2.39. The number of hydrogen-bond acceptors (Lipinski definition) is 6. The van der Waals surface area contributed by atoms with Crippen LogP contribution in [-0.2, 0) is 19.3 Å². The summed E-state index contributed by atoms with van der Waals surface area (Å²) in [5.74, 6) is 2.90. The van der Waals surface area contributed by atoms with Gasteiger partial charge in [-0.15, -0.1) is 11.3 Å². The number of ether oxygens (including phenoxy) is 1. The summed E-state index contributed by atoms with van der Waals surface area (Å²) < 4.78 is 5.22. The number of carbonyl (C=O) groups excluding carboxylic acids is 1. The van der Waals surface area contributed by atoms with E-state index in [1.807, 2.05) is 40.5 Å².